The molecule has 3 amide bonds. The summed E-state index contributed by atoms with van der Waals surface area (Å²) in [6, 6.07) is 5.97. The van der Waals surface area contributed by atoms with Crippen LogP contribution in [0.5, 0.6) is 0 Å². The Hall–Kier alpha value is -2.19. The quantitative estimate of drug-likeness (QED) is 0.844. The van der Waals surface area contributed by atoms with Crippen LogP contribution < -0.4 is 10.6 Å². The standard InChI is InChI=1S/C17H17N3O3S2/c21-15(13-4-2-8-25-13)18-11-5-6-20-14(11)16(22)19-12(17(20)23)9-10-3-1-7-24-10/h1-4,7-8,11-12,14H,5-6,9H2,(H,18,21)(H,19,22). The van der Waals surface area contributed by atoms with Crippen molar-refractivity contribution in [2.75, 3.05) is 6.54 Å². The normalized spacial score (nSPS) is 25.6. The molecule has 2 N–H and O–H groups in total. The second-order valence-electron chi connectivity index (χ2n) is 6.17. The molecule has 2 aromatic rings. The Labute approximate surface area is 152 Å². The molecule has 0 radical (unpaired) electrons. The Morgan fingerprint density at radius 3 is 2.76 bits per heavy atom. The second-order valence-corrected chi connectivity index (χ2v) is 8.15. The van der Waals surface area contributed by atoms with E-state index in [1.807, 2.05) is 29.0 Å². The number of nitrogens with zero attached hydrogens (tertiary/aromatic N) is 1. The number of nitrogens with one attached hydrogen (secondary N) is 2. The molecular weight excluding hydrogens is 358 g/mol. The minimum atomic E-state index is -0.615. The molecule has 0 spiro atoms. The molecule has 3 unspecified atom stereocenters. The molecule has 4 rings (SSSR count). The van der Waals surface area contributed by atoms with Crippen LogP contribution in [0.25, 0.3) is 0 Å². The first-order valence-corrected chi connectivity index (χ1v) is 9.87. The summed E-state index contributed by atoms with van der Waals surface area (Å²) in [6.07, 6.45) is 1.10. The van der Waals surface area contributed by atoms with Gasteiger partial charge in [0, 0.05) is 17.8 Å². The average molecular weight is 375 g/mol. The van der Waals surface area contributed by atoms with Crippen molar-refractivity contribution in [3.63, 3.8) is 0 Å². The summed E-state index contributed by atoms with van der Waals surface area (Å²) < 4.78 is 0. The molecule has 0 bridgehead atoms. The van der Waals surface area contributed by atoms with E-state index >= 15 is 0 Å². The topological polar surface area (TPSA) is 78.5 Å². The number of rotatable bonds is 4. The fourth-order valence-electron chi connectivity index (χ4n) is 3.45. The molecule has 0 saturated carbocycles. The van der Waals surface area contributed by atoms with Crippen molar-refractivity contribution in [2.24, 2.45) is 0 Å². The van der Waals surface area contributed by atoms with E-state index in [2.05, 4.69) is 10.6 Å². The third-order valence-corrected chi connectivity index (χ3v) is 6.38. The molecule has 0 aliphatic carbocycles. The zero-order valence-electron chi connectivity index (χ0n) is 13.3. The smallest absolute Gasteiger partial charge is 0.261 e. The summed E-state index contributed by atoms with van der Waals surface area (Å²) in [6.45, 7) is 0.493. The second kappa shape index (κ2) is 6.61. The molecular formula is C17H17N3O3S2. The molecule has 6 nitrogen and oxygen atoms in total. The lowest BCUT2D eigenvalue weighted by Crippen LogP contribution is -2.65. The highest BCUT2D eigenvalue weighted by Crippen LogP contribution is 2.25. The number of amides is 3. The monoisotopic (exact) mass is 375 g/mol. The van der Waals surface area contributed by atoms with E-state index in [-0.39, 0.29) is 23.8 Å². The van der Waals surface area contributed by atoms with Crippen molar-refractivity contribution in [3.05, 3.63) is 44.8 Å². The van der Waals surface area contributed by atoms with Crippen LogP contribution in [0.15, 0.2) is 35.0 Å². The molecule has 2 saturated heterocycles. The zero-order chi connectivity index (χ0) is 17.4. The van der Waals surface area contributed by atoms with Crippen LogP contribution in [0.4, 0.5) is 0 Å². The number of hydrogen-bond donors (Lipinski definition) is 2. The lowest BCUT2D eigenvalue weighted by molar-refractivity contribution is -0.147. The Morgan fingerprint density at radius 1 is 1.24 bits per heavy atom. The van der Waals surface area contributed by atoms with Crippen LogP contribution in [-0.4, -0.2) is 47.3 Å². The van der Waals surface area contributed by atoms with E-state index in [1.54, 1.807) is 22.3 Å². The fourth-order valence-corrected chi connectivity index (χ4v) is 4.83. The number of fused-ring (bicyclic) bond motifs is 1. The van der Waals surface area contributed by atoms with Gasteiger partial charge in [0.15, 0.2) is 0 Å². The SMILES string of the molecule is O=C(NC1CCN2C(=O)C(Cc3cccs3)NC(=O)C12)c1cccs1. The van der Waals surface area contributed by atoms with Gasteiger partial charge in [-0.1, -0.05) is 12.1 Å². The number of hydrogen-bond acceptors (Lipinski definition) is 5. The lowest BCUT2D eigenvalue weighted by Gasteiger charge is -2.36. The van der Waals surface area contributed by atoms with E-state index in [0.29, 0.717) is 24.3 Å². The third kappa shape index (κ3) is 3.07. The van der Waals surface area contributed by atoms with E-state index in [9.17, 15) is 14.4 Å². The first-order valence-electron chi connectivity index (χ1n) is 8.11. The Morgan fingerprint density at radius 2 is 2.04 bits per heavy atom. The fraction of sp³-hybridized carbons (Fsp3) is 0.353. The van der Waals surface area contributed by atoms with Gasteiger partial charge >= 0.3 is 0 Å². The maximum atomic E-state index is 12.7. The molecule has 2 fully saturated rings. The molecule has 2 aliphatic heterocycles. The summed E-state index contributed by atoms with van der Waals surface area (Å²) >= 11 is 2.93. The molecule has 8 heteroatoms. The summed E-state index contributed by atoms with van der Waals surface area (Å²) in [5.41, 5.74) is 0. The van der Waals surface area contributed by atoms with Gasteiger partial charge in [-0.2, -0.15) is 0 Å². The van der Waals surface area contributed by atoms with Crippen LogP contribution in [0.3, 0.4) is 0 Å². The highest BCUT2D eigenvalue weighted by Gasteiger charge is 2.48. The van der Waals surface area contributed by atoms with Crippen LogP contribution in [0.2, 0.25) is 0 Å². The summed E-state index contributed by atoms with van der Waals surface area (Å²) in [4.78, 5) is 40.9. The minimum Gasteiger partial charge on any atom is -0.346 e. The lowest BCUT2D eigenvalue weighted by atomic mass is 10.0. The summed E-state index contributed by atoms with van der Waals surface area (Å²) in [5, 5.41) is 9.55. The van der Waals surface area contributed by atoms with Crippen LogP contribution in [0.1, 0.15) is 21.0 Å². The van der Waals surface area contributed by atoms with Crippen molar-refractivity contribution in [1.29, 1.82) is 0 Å². The van der Waals surface area contributed by atoms with Crippen molar-refractivity contribution in [3.8, 4) is 0 Å². The zero-order valence-corrected chi connectivity index (χ0v) is 14.9. The highest BCUT2D eigenvalue weighted by molar-refractivity contribution is 7.12. The van der Waals surface area contributed by atoms with Crippen molar-refractivity contribution < 1.29 is 14.4 Å². The van der Waals surface area contributed by atoms with Crippen molar-refractivity contribution in [2.45, 2.75) is 31.0 Å². The summed E-state index contributed by atoms with van der Waals surface area (Å²) in [7, 11) is 0. The molecule has 25 heavy (non-hydrogen) atoms. The van der Waals surface area contributed by atoms with E-state index < -0.39 is 12.1 Å². The van der Waals surface area contributed by atoms with Crippen molar-refractivity contribution >= 4 is 40.4 Å². The molecule has 0 aromatic carbocycles. The van der Waals surface area contributed by atoms with E-state index in [0.717, 1.165) is 4.88 Å². The molecule has 4 heterocycles. The number of carbonyl (C=O) groups is 3. The Kier molecular flexibility index (Phi) is 4.30. The van der Waals surface area contributed by atoms with Crippen molar-refractivity contribution in [1.82, 2.24) is 15.5 Å². The predicted molar refractivity (Wildman–Crippen MR) is 95.6 cm³/mol. The van der Waals surface area contributed by atoms with E-state index in [1.165, 1.54) is 11.3 Å². The van der Waals surface area contributed by atoms with Gasteiger partial charge in [0.2, 0.25) is 11.8 Å². The van der Waals surface area contributed by atoms with Gasteiger partial charge in [0.25, 0.3) is 5.91 Å². The van der Waals surface area contributed by atoms with Gasteiger partial charge in [0.1, 0.15) is 12.1 Å². The van der Waals surface area contributed by atoms with Gasteiger partial charge in [-0.25, -0.2) is 0 Å². The first-order chi connectivity index (χ1) is 12.1. The molecule has 2 aromatic heterocycles. The Bertz CT molecular complexity index is 788. The summed E-state index contributed by atoms with van der Waals surface area (Å²) in [5.74, 6) is -0.441. The third-order valence-electron chi connectivity index (χ3n) is 4.61. The number of thiophene rings is 2. The molecule has 130 valence electrons. The largest absolute Gasteiger partial charge is 0.346 e. The maximum Gasteiger partial charge on any atom is 0.261 e. The van der Waals surface area contributed by atoms with Crippen LogP contribution >= 0.6 is 22.7 Å². The van der Waals surface area contributed by atoms with Gasteiger partial charge in [-0.15, -0.1) is 22.7 Å². The number of carbonyl (C=O) groups excluding carboxylic acids is 3. The Balaban J connectivity index is 1.46. The van der Waals surface area contributed by atoms with Crippen LogP contribution in [-0.2, 0) is 16.0 Å². The number of piperazine rings is 1. The molecule has 2 aliphatic rings. The van der Waals surface area contributed by atoms with Gasteiger partial charge < -0.3 is 15.5 Å². The maximum absolute atomic E-state index is 12.7. The van der Waals surface area contributed by atoms with Crippen LogP contribution in [0, 0.1) is 0 Å². The highest BCUT2D eigenvalue weighted by atomic mass is 32.1. The van der Waals surface area contributed by atoms with Gasteiger partial charge in [-0.05, 0) is 29.3 Å². The molecule has 3 atom stereocenters. The minimum absolute atomic E-state index is 0.0640. The first kappa shape index (κ1) is 16.3. The van der Waals surface area contributed by atoms with E-state index in [4.69, 9.17) is 0 Å². The predicted octanol–water partition coefficient (Wildman–Crippen LogP) is 1.25. The average Bonchev–Trinajstić information content (AvgIpc) is 3.33. The van der Waals surface area contributed by atoms with Gasteiger partial charge in [-0.3, -0.25) is 14.4 Å². The van der Waals surface area contributed by atoms with Gasteiger partial charge in [0.05, 0.1) is 10.9 Å².